The molecule has 0 saturated heterocycles. The number of nitrogens with zero attached hydrogens (tertiary/aromatic N) is 1. The Morgan fingerprint density at radius 3 is 1.77 bits per heavy atom. The van der Waals surface area contributed by atoms with Gasteiger partial charge in [-0.25, -0.2) is 0 Å². The third kappa shape index (κ3) is 4.57. The highest BCUT2D eigenvalue weighted by Gasteiger charge is 2.53. The summed E-state index contributed by atoms with van der Waals surface area (Å²) in [6.07, 6.45) is 2.23. The molecule has 17 rings (SSSR count). The number of hydrogen-bond donors (Lipinski definition) is 0. The van der Waals surface area contributed by atoms with Gasteiger partial charge in [0.25, 0.3) is 0 Å². The Bertz CT molecular complexity index is 4240. The predicted molar refractivity (Wildman–Crippen MR) is 300 cm³/mol. The number of hydrogen-bond acceptors (Lipinski definition) is 4. The standard InChI is InChI=1S/C67H43NS3/c1-65(2)48-21-11-12-22-55(48)68(57-37-53-46(36-54(57)65)42-18-9-10-20-47(42)66(53,40-14-5-3-6-15-40)41-16-7-4-8-17-41)56-23-13-19-43-44-29-31-50-60(62(44)71-61(43)56)45-28-26-38-24-25-39-27-30-49(59(45)58(38)39)67(50)51-32-34-69-63(51)64-52(67)33-35-70-64/h3-23,26-37H,24-25H2,1-2H3. The summed E-state index contributed by atoms with van der Waals surface area (Å²) in [7, 11) is 0. The molecule has 1 spiro atoms. The fourth-order valence-electron chi connectivity index (χ4n) is 14.8. The minimum Gasteiger partial charge on any atom is -0.308 e. The van der Waals surface area contributed by atoms with Crippen molar-refractivity contribution in [1.82, 2.24) is 0 Å². The molecule has 0 bridgehead atoms. The molecule has 1 aliphatic heterocycles. The summed E-state index contributed by atoms with van der Waals surface area (Å²) in [5.74, 6) is 0. The Morgan fingerprint density at radius 1 is 0.394 bits per heavy atom. The third-order valence-electron chi connectivity index (χ3n) is 17.6. The summed E-state index contributed by atoms with van der Waals surface area (Å²) >= 11 is 5.84. The molecule has 4 heterocycles. The van der Waals surface area contributed by atoms with Crippen molar-refractivity contribution in [2.75, 3.05) is 4.90 Å². The van der Waals surface area contributed by atoms with Gasteiger partial charge in [0.1, 0.15) is 0 Å². The highest BCUT2D eigenvalue weighted by atomic mass is 32.1. The van der Waals surface area contributed by atoms with Crippen LogP contribution in [0.3, 0.4) is 0 Å². The molecule has 9 aromatic carbocycles. The van der Waals surface area contributed by atoms with E-state index in [0.717, 1.165) is 12.8 Å². The van der Waals surface area contributed by atoms with Gasteiger partial charge in [-0.3, -0.25) is 0 Å². The summed E-state index contributed by atoms with van der Waals surface area (Å²) in [4.78, 5) is 5.53. The van der Waals surface area contributed by atoms with Gasteiger partial charge in [0.2, 0.25) is 0 Å². The van der Waals surface area contributed by atoms with Gasteiger partial charge in [0.05, 0.1) is 32.6 Å². The minimum atomic E-state index is -0.516. The van der Waals surface area contributed by atoms with Crippen LogP contribution in [0.4, 0.5) is 17.1 Å². The van der Waals surface area contributed by atoms with Crippen molar-refractivity contribution in [2.45, 2.75) is 42.9 Å². The van der Waals surface area contributed by atoms with E-state index in [1.165, 1.54) is 147 Å². The number of thiophene rings is 3. The van der Waals surface area contributed by atoms with Crippen molar-refractivity contribution in [3.63, 3.8) is 0 Å². The number of fused-ring (bicyclic) bond motifs is 18. The number of anilines is 3. The first kappa shape index (κ1) is 39.4. The lowest BCUT2D eigenvalue weighted by Crippen LogP contribution is -2.32. The van der Waals surface area contributed by atoms with Gasteiger partial charge >= 0.3 is 0 Å². The van der Waals surface area contributed by atoms with Crippen LogP contribution in [-0.2, 0) is 29.1 Å². The highest BCUT2D eigenvalue weighted by Crippen LogP contribution is 2.67. The van der Waals surface area contributed by atoms with Crippen molar-refractivity contribution in [2.24, 2.45) is 0 Å². The summed E-state index contributed by atoms with van der Waals surface area (Å²) in [5.41, 5.74) is 24.7. The van der Waals surface area contributed by atoms with Crippen LogP contribution in [0.2, 0.25) is 0 Å². The van der Waals surface area contributed by atoms with E-state index in [0.29, 0.717) is 0 Å². The summed E-state index contributed by atoms with van der Waals surface area (Å²) in [6.45, 7) is 4.87. The molecule has 0 N–H and O–H groups in total. The third-order valence-corrected chi connectivity index (χ3v) is 20.9. The van der Waals surface area contributed by atoms with Crippen LogP contribution >= 0.6 is 34.0 Å². The van der Waals surface area contributed by atoms with E-state index in [1.54, 1.807) is 0 Å². The zero-order chi connectivity index (χ0) is 46.5. The van der Waals surface area contributed by atoms with Gasteiger partial charge in [-0.05, 0) is 154 Å². The van der Waals surface area contributed by atoms with Crippen LogP contribution in [-0.4, -0.2) is 0 Å². The van der Waals surface area contributed by atoms with Gasteiger partial charge in [0.15, 0.2) is 0 Å². The van der Waals surface area contributed by atoms with Gasteiger partial charge in [-0.1, -0.05) is 166 Å². The quantitative estimate of drug-likeness (QED) is 0.171. The Kier molecular flexibility index (Phi) is 7.51. The molecule has 4 aliphatic carbocycles. The van der Waals surface area contributed by atoms with Crippen LogP contribution in [0.5, 0.6) is 0 Å². The molecule has 12 aromatic rings. The number of benzene rings is 9. The molecule has 3 aromatic heterocycles. The van der Waals surface area contributed by atoms with Crippen molar-refractivity contribution in [3.05, 3.63) is 266 Å². The van der Waals surface area contributed by atoms with E-state index in [-0.39, 0.29) is 10.8 Å². The summed E-state index contributed by atoms with van der Waals surface area (Å²) < 4.78 is 2.71. The van der Waals surface area contributed by atoms with Gasteiger partial charge < -0.3 is 4.90 Å². The van der Waals surface area contributed by atoms with Crippen LogP contribution in [0.25, 0.3) is 63.0 Å². The Hall–Kier alpha value is -7.34. The van der Waals surface area contributed by atoms with Crippen molar-refractivity contribution < 1.29 is 0 Å². The van der Waals surface area contributed by atoms with E-state index in [2.05, 4.69) is 218 Å². The van der Waals surface area contributed by atoms with Crippen LogP contribution < -0.4 is 4.90 Å². The highest BCUT2D eigenvalue weighted by molar-refractivity contribution is 7.27. The molecule has 0 radical (unpaired) electrons. The zero-order valence-corrected chi connectivity index (χ0v) is 41.6. The average molecular weight is 958 g/mol. The molecule has 0 saturated carbocycles. The second kappa shape index (κ2) is 13.5. The van der Waals surface area contributed by atoms with Crippen molar-refractivity contribution in [1.29, 1.82) is 0 Å². The Labute approximate surface area is 424 Å². The van der Waals surface area contributed by atoms with Crippen LogP contribution in [0.1, 0.15) is 80.6 Å². The van der Waals surface area contributed by atoms with E-state index >= 15 is 0 Å². The Morgan fingerprint density at radius 2 is 1.03 bits per heavy atom. The topological polar surface area (TPSA) is 3.24 Å². The smallest absolute Gasteiger partial charge is 0.0743 e. The molecular weight excluding hydrogens is 915 g/mol. The zero-order valence-electron chi connectivity index (χ0n) is 39.1. The summed E-state index contributed by atoms with van der Waals surface area (Å²) in [6, 6.07) is 73.1. The maximum absolute atomic E-state index is 2.65. The molecule has 334 valence electrons. The fraction of sp³-hybridized carbons (Fsp3) is 0.104. The lowest BCUT2D eigenvalue weighted by Gasteiger charge is -2.43. The molecule has 0 unspecified atom stereocenters. The van der Waals surface area contributed by atoms with E-state index < -0.39 is 5.41 Å². The molecule has 5 aliphatic rings. The van der Waals surface area contributed by atoms with E-state index in [9.17, 15) is 0 Å². The van der Waals surface area contributed by atoms with E-state index in [1.807, 2.05) is 34.0 Å². The average Bonchev–Trinajstić information content (AvgIpc) is 4.29. The lowest BCUT2D eigenvalue weighted by atomic mass is 9.61. The molecule has 0 amide bonds. The first-order chi connectivity index (χ1) is 35.0. The number of para-hydroxylation sites is 1. The largest absolute Gasteiger partial charge is 0.308 e. The predicted octanol–water partition coefficient (Wildman–Crippen LogP) is 18.2. The molecular formula is C67H43NS3. The molecule has 0 atom stereocenters. The van der Waals surface area contributed by atoms with Crippen molar-refractivity contribution in [3.8, 4) is 32.0 Å². The van der Waals surface area contributed by atoms with Gasteiger partial charge in [-0.2, -0.15) is 0 Å². The maximum Gasteiger partial charge on any atom is 0.0743 e. The SMILES string of the molecule is CC1(C)c2ccccc2N(c2cccc3c2sc2c4c(ccc23)C2(c3ccsc3-c3sccc32)c2ccc3c5c(ccc-4c25)CC3)c2cc3c(cc21)-c1ccccc1C3(c1ccccc1)c1ccccc1. The Balaban J connectivity index is 0.975. The molecule has 4 heteroatoms. The van der Waals surface area contributed by atoms with Crippen LogP contribution in [0, 0.1) is 0 Å². The van der Waals surface area contributed by atoms with Crippen molar-refractivity contribution >= 4 is 82.0 Å². The second-order valence-corrected chi connectivity index (χ2v) is 23.8. The van der Waals surface area contributed by atoms with Crippen LogP contribution in [0.15, 0.2) is 199 Å². The lowest BCUT2D eigenvalue weighted by molar-refractivity contribution is 0.631. The summed E-state index contributed by atoms with van der Waals surface area (Å²) in [5, 5.41) is 10.3. The van der Waals surface area contributed by atoms with Gasteiger partial charge in [0, 0.05) is 36.2 Å². The molecule has 1 nitrogen and oxygen atoms in total. The van der Waals surface area contributed by atoms with Gasteiger partial charge in [-0.15, -0.1) is 34.0 Å². The number of aryl methyl sites for hydroxylation is 2. The fourth-order valence-corrected chi connectivity index (χ4v) is 18.2. The minimum absolute atomic E-state index is 0.269. The first-order valence-corrected chi connectivity index (χ1v) is 27.6. The monoisotopic (exact) mass is 957 g/mol. The maximum atomic E-state index is 2.65. The first-order valence-electron chi connectivity index (χ1n) is 25.0. The second-order valence-electron chi connectivity index (χ2n) is 20.9. The molecule has 0 fully saturated rings. The molecule has 71 heavy (non-hydrogen) atoms. The number of rotatable bonds is 3. The van der Waals surface area contributed by atoms with E-state index in [4.69, 9.17) is 0 Å². The normalized spacial score (nSPS) is 16.2.